The Morgan fingerprint density at radius 3 is 2.10 bits per heavy atom. The zero-order valence-corrected chi connectivity index (χ0v) is 12.4. The van der Waals surface area contributed by atoms with Crippen molar-refractivity contribution in [1.82, 2.24) is 0 Å². The molecular formula is C14H17NO5S. The topological polar surface area (TPSA) is 101 Å². The number of hydrogen-bond acceptors (Lipinski definition) is 4. The monoisotopic (exact) mass is 311 g/mol. The number of carbonyl (C=O) groups is 2. The lowest BCUT2D eigenvalue weighted by molar-refractivity contribution is -0.118. The number of sulfone groups is 1. The Morgan fingerprint density at radius 1 is 1.14 bits per heavy atom. The first kappa shape index (κ1) is 15.5. The average Bonchev–Trinajstić information content (AvgIpc) is 2.89. The summed E-state index contributed by atoms with van der Waals surface area (Å²) < 4.78 is 22.6. The minimum atomic E-state index is -3.51. The molecule has 0 atom stereocenters. The van der Waals surface area contributed by atoms with Gasteiger partial charge in [0.15, 0.2) is 14.6 Å². The molecule has 1 aromatic rings. The summed E-state index contributed by atoms with van der Waals surface area (Å²) >= 11 is 0. The zero-order chi connectivity index (χ0) is 15.7. The Morgan fingerprint density at radius 2 is 1.67 bits per heavy atom. The van der Waals surface area contributed by atoms with Crippen LogP contribution in [-0.4, -0.2) is 36.4 Å². The zero-order valence-electron chi connectivity index (χ0n) is 11.6. The highest BCUT2D eigenvalue weighted by Gasteiger charge is 2.49. The molecule has 0 aliphatic heterocycles. The van der Waals surface area contributed by atoms with Crippen LogP contribution in [0.15, 0.2) is 24.3 Å². The van der Waals surface area contributed by atoms with Gasteiger partial charge in [0.25, 0.3) is 0 Å². The van der Waals surface area contributed by atoms with Gasteiger partial charge in [-0.25, -0.2) is 13.2 Å². The number of carboxylic acid groups (broad SMARTS) is 1. The van der Waals surface area contributed by atoms with Crippen LogP contribution in [0.2, 0.25) is 0 Å². The number of benzene rings is 1. The van der Waals surface area contributed by atoms with Crippen LogP contribution in [0.4, 0.5) is 5.69 Å². The van der Waals surface area contributed by atoms with Gasteiger partial charge in [-0.15, -0.1) is 0 Å². The standard InChI is InChI=1S/C14H17NO5S/c1-21(19,20)14(8-2-3-9-14)13(18)15-11-6-4-10(5-7-11)12(16)17/h4-7H,2-3,8-9H2,1H3,(H,15,18)(H,16,17). The van der Waals surface area contributed by atoms with E-state index in [1.165, 1.54) is 24.3 Å². The third-order valence-electron chi connectivity index (χ3n) is 3.92. The molecule has 0 heterocycles. The number of anilines is 1. The second kappa shape index (κ2) is 5.48. The molecule has 0 spiro atoms. The largest absolute Gasteiger partial charge is 0.478 e. The van der Waals surface area contributed by atoms with Crippen molar-refractivity contribution in [2.24, 2.45) is 0 Å². The van der Waals surface area contributed by atoms with Gasteiger partial charge in [0, 0.05) is 11.9 Å². The summed E-state index contributed by atoms with van der Waals surface area (Å²) in [7, 11) is -3.51. The molecule has 114 valence electrons. The highest BCUT2D eigenvalue weighted by atomic mass is 32.2. The molecule has 1 fully saturated rings. The van der Waals surface area contributed by atoms with Crippen molar-refractivity contribution in [1.29, 1.82) is 0 Å². The van der Waals surface area contributed by atoms with Gasteiger partial charge in [-0.3, -0.25) is 4.79 Å². The molecule has 1 aliphatic carbocycles. The van der Waals surface area contributed by atoms with Crippen LogP contribution in [-0.2, 0) is 14.6 Å². The fourth-order valence-corrected chi connectivity index (χ4v) is 4.07. The van der Waals surface area contributed by atoms with Crippen molar-refractivity contribution in [2.45, 2.75) is 30.4 Å². The van der Waals surface area contributed by atoms with Crippen LogP contribution in [0.1, 0.15) is 36.0 Å². The molecule has 0 saturated heterocycles. The minimum Gasteiger partial charge on any atom is -0.478 e. The Hall–Kier alpha value is -1.89. The molecule has 1 aromatic carbocycles. The van der Waals surface area contributed by atoms with Gasteiger partial charge < -0.3 is 10.4 Å². The van der Waals surface area contributed by atoms with E-state index in [4.69, 9.17) is 5.11 Å². The number of carbonyl (C=O) groups excluding carboxylic acids is 1. The van der Waals surface area contributed by atoms with Gasteiger partial charge in [-0.2, -0.15) is 0 Å². The van der Waals surface area contributed by atoms with Gasteiger partial charge in [-0.1, -0.05) is 12.8 Å². The van der Waals surface area contributed by atoms with Gasteiger partial charge in [0.2, 0.25) is 5.91 Å². The van der Waals surface area contributed by atoms with Crippen LogP contribution >= 0.6 is 0 Å². The summed E-state index contributed by atoms with van der Waals surface area (Å²) in [6, 6.07) is 5.62. The molecule has 1 amide bonds. The first-order chi connectivity index (χ1) is 9.76. The first-order valence-electron chi connectivity index (χ1n) is 6.61. The number of rotatable bonds is 4. The lowest BCUT2D eigenvalue weighted by atomic mass is 10.1. The van der Waals surface area contributed by atoms with Gasteiger partial charge in [-0.05, 0) is 37.1 Å². The maximum Gasteiger partial charge on any atom is 0.335 e. The smallest absolute Gasteiger partial charge is 0.335 e. The van der Waals surface area contributed by atoms with E-state index in [9.17, 15) is 18.0 Å². The summed E-state index contributed by atoms with van der Waals surface area (Å²) in [5.41, 5.74) is 0.492. The number of carboxylic acids is 1. The molecule has 2 N–H and O–H groups in total. The van der Waals surface area contributed by atoms with E-state index in [1.807, 2.05) is 0 Å². The lowest BCUT2D eigenvalue weighted by Crippen LogP contribution is -2.47. The van der Waals surface area contributed by atoms with E-state index in [0.29, 0.717) is 31.4 Å². The van der Waals surface area contributed by atoms with Crippen molar-refractivity contribution in [3.05, 3.63) is 29.8 Å². The first-order valence-corrected chi connectivity index (χ1v) is 8.50. The molecule has 0 unspecified atom stereocenters. The van der Waals surface area contributed by atoms with E-state index < -0.39 is 26.5 Å². The quantitative estimate of drug-likeness (QED) is 0.881. The SMILES string of the molecule is CS(=O)(=O)C1(C(=O)Nc2ccc(C(=O)O)cc2)CCCC1. The Bertz CT molecular complexity index is 657. The molecule has 0 aromatic heterocycles. The maximum absolute atomic E-state index is 12.4. The predicted molar refractivity (Wildman–Crippen MR) is 78.1 cm³/mol. The molecule has 2 rings (SSSR count). The average molecular weight is 311 g/mol. The fraction of sp³-hybridized carbons (Fsp3) is 0.429. The van der Waals surface area contributed by atoms with Crippen LogP contribution in [0.25, 0.3) is 0 Å². The Labute approximate surface area is 123 Å². The van der Waals surface area contributed by atoms with E-state index in [2.05, 4.69) is 5.32 Å². The Balaban J connectivity index is 2.22. The number of nitrogens with one attached hydrogen (secondary N) is 1. The second-order valence-corrected chi connectivity index (χ2v) is 7.64. The van der Waals surface area contributed by atoms with E-state index >= 15 is 0 Å². The predicted octanol–water partition coefficient (Wildman–Crippen LogP) is 1.68. The molecule has 7 heteroatoms. The fourth-order valence-electron chi connectivity index (χ4n) is 2.65. The van der Waals surface area contributed by atoms with E-state index in [0.717, 1.165) is 6.26 Å². The van der Waals surface area contributed by atoms with Gasteiger partial charge >= 0.3 is 5.97 Å². The van der Waals surface area contributed by atoms with Crippen molar-refractivity contribution in [3.63, 3.8) is 0 Å². The van der Waals surface area contributed by atoms with Crippen molar-refractivity contribution in [3.8, 4) is 0 Å². The van der Waals surface area contributed by atoms with Crippen LogP contribution in [0.5, 0.6) is 0 Å². The molecule has 6 nitrogen and oxygen atoms in total. The molecule has 1 aliphatic rings. The third-order valence-corrected chi connectivity index (χ3v) is 5.94. The summed E-state index contributed by atoms with van der Waals surface area (Å²) in [6.45, 7) is 0. The van der Waals surface area contributed by atoms with Crippen LogP contribution in [0.3, 0.4) is 0 Å². The molecule has 1 saturated carbocycles. The molecule has 0 radical (unpaired) electrons. The Kier molecular flexibility index (Phi) is 4.04. The molecule has 21 heavy (non-hydrogen) atoms. The van der Waals surface area contributed by atoms with Gasteiger partial charge in [0.1, 0.15) is 0 Å². The summed E-state index contributed by atoms with van der Waals surface area (Å²) in [5.74, 6) is -1.60. The number of aromatic carboxylic acids is 1. The number of amides is 1. The lowest BCUT2D eigenvalue weighted by Gasteiger charge is -2.25. The molecule has 0 bridgehead atoms. The highest BCUT2D eigenvalue weighted by molar-refractivity contribution is 7.92. The molecular weight excluding hydrogens is 294 g/mol. The van der Waals surface area contributed by atoms with Crippen molar-refractivity contribution in [2.75, 3.05) is 11.6 Å². The third kappa shape index (κ3) is 2.92. The van der Waals surface area contributed by atoms with Gasteiger partial charge in [0.05, 0.1) is 5.56 Å². The van der Waals surface area contributed by atoms with Crippen LogP contribution in [0, 0.1) is 0 Å². The summed E-state index contributed by atoms with van der Waals surface area (Å²) in [6.07, 6.45) is 3.15. The van der Waals surface area contributed by atoms with E-state index in [-0.39, 0.29) is 5.56 Å². The highest BCUT2D eigenvalue weighted by Crippen LogP contribution is 2.37. The second-order valence-electron chi connectivity index (χ2n) is 5.31. The number of hydrogen-bond donors (Lipinski definition) is 2. The van der Waals surface area contributed by atoms with Crippen LogP contribution < -0.4 is 5.32 Å². The normalized spacial score (nSPS) is 17.4. The minimum absolute atomic E-state index is 0.103. The van der Waals surface area contributed by atoms with E-state index in [1.54, 1.807) is 0 Å². The van der Waals surface area contributed by atoms with Crippen molar-refractivity contribution >= 4 is 27.4 Å². The maximum atomic E-state index is 12.4. The summed E-state index contributed by atoms with van der Waals surface area (Å²) in [4.78, 5) is 23.2. The summed E-state index contributed by atoms with van der Waals surface area (Å²) in [5, 5.41) is 11.4. The van der Waals surface area contributed by atoms with Crippen molar-refractivity contribution < 1.29 is 23.1 Å².